The molecule has 2 heterocycles. The number of nitro groups is 1. The number of morpholine rings is 1. The number of hydrogen-bond acceptors (Lipinski definition) is 7. The van der Waals surface area contributed by atoms with Crippen molar-refractivity contribution >= 4 is 23.2 Å². The van der Waals surface area contributed by atoms with Gasteiger partial charge in [0.1, 0.15) is 0 Å². The second kappa shape index (κ2) is 8.94. The van der Waals surface area contributed by atoms with E-state index in [1.165, 1.54) is 22.9 Å². The molecule has 1 aliphatic rings. The van der Waals surface area contributed by atoms with Gasteiger partial charge in [0.15, 0.2) is 5.69 Å². The lowest BCUT2D eigenvalue weighted by atomic mass is 10.1. The highest BCUT2D eigenvalue weighted by atomic mass is 16.6. The molecule has 0 bridgehead atoms. The molecule has 2 aromatic carbocycles. The van der Waals surface area contributed by atoms with Gasteiger partial charge in [0.2, 0.25) is 0 Å². The highest BCUT2D eigenvalue weighted by Gasteiger charge is 2.21. The number of carbonyl (C=O) groups excluding carboxylic acids is 2. The number of aromatic nitrogens is 3. The summed E-state index contributed by atoms with van der Waals surface area (Å²) in [5.41, 5.74) is 1.72. The summed E-state index contributed by atoms with van der Waals surface area (Å²) in [7, 11) is 0. The zero-order chi connectivity index (χ0) is 22.7. The minimum atomic E-state index is -0.505. The van der Waals surface area contributed by atoms with E-state index in [0.717, 1.165) is 0 Å². The van der Waals surface area contributed by atoms with Crippen molar-refractivity contribution in [2.24, 2.45) is 0 Å². The number of benzene rings is 2. The highest BCUT2D eigenvalue weighted by molar-refractivity contribution is 6.04. The van der Waals surface area contributed by atoms with Gasteiger partial charge in [0.25, 0.3) is 17.5 Å². The molecule has 3 aromatic rings. The molecule has 32 heavy (non-hydrogen) atoms. The van der Waals surface area contributed by atoms with E-state index < -0.39 is 10.8 Å². The predicted molar refractivity (Wildman–Crippen MR) is 114 cm³/mol. The van der Waals surface area contributed by atoms with Crippen molar-refractivity contribution in [1.29, 1.82) is 0 Å². The fraction of sp³-hybridized carbons (Fsp3) is 0.238. The molecule has 0 atom stereocenters. The van der Waals surface area contributed by atoms with E-state index >= 15 is 0 Å². The van der Waals surface area contributed by atoms with Crippen LogP contribution in [0.2, 0.25) is 0 Å². The highest BCUT2D eigenvalue weighted by Crippen LogP contribution is 2.20. The molecule has 1 N–H and O–H groups in total. The summed E-state index contributed by atoms with van der Waals surface area (Å²) < 4.78 is 6.64. The third-order valence-electron chi connectivity index (χ3n) is 5.06. The summed E-state index contributed by atoms with van der Waals surface area (Å²) in [6.45, 7) is 3.69. The van der Waals surface area contributed by atoms with E-state index in [0.29, 0.717) is 48.9 Å². The quantitative estimate of drug-likeness (QED) is 0.479. The lowest BCUT2D eigenvalue weighted by Gasteiger charge is -2.27. The van der Waals surface area contributed by atoms with Crippen LogP contribution in [0.3, 0.4) is 0 Å². The smallest absolute Gasteiger partial charge is 0.278 e. The monoisotopic (exact) mass is 436 g/mol. The number of rotatable bonds is 5. The Labute approximate surface area is 182 Å². The van der Waals surface area contributed by atoms with Gasteiger partial charge in [-0.15, -0.1) is 5.10 Å². The van der Waals surface area contributed by atoms with Crippen LogP contribution in [0.5, 0.6) is 0 Å². The SMILES string of the molecule is Cc1c(C(=O)Nc2cccc(C(=O)N3CCOCC3)c2)nnn1-c1cccc([N+](=O)[O-])c1. The standard InChI is InChI=1S/C21H20N6O5/c1-14-19(23-24-26(14)17-6-3-7-18(13-17)27(30)31)20(28)22-16-5-2-4-15(12-16)21(29)25-8-10-32-11-9-25/h2-7,12-13H,8-11H2,1H3,(H,22,28). The van der Waals surface area contributed by atoms with Crippen LogP contribution < -0.4 is 5.32 Å². The van der Waals surface area contributed by atoms with Crippen molar-refractivity contribution in [3.8, 4) is 5.69 Å². The average Bonchev–Trinajstić information content (AvgIpc) is 3.21. The maximum absolute atomic E-state index is 12.8. The van der Waals surface area contributed by atoms with E-state index in [9.17, 15) is 19.7 Å². The Balaban J connectivity index is 1.52. The third-order valence-corrected chi connectivity index (χ3v) is 5.06. The number of carbonyl (C=O) groups is 2. The maximum atomic E-state index is 12.8. The molecule has 0 aliphatic carbocycles. The Morgan fingerprint density at radius 2 is 1.88 bits per heavy atom. The molecule has 1 saturated heterocycles. The second-order valence-corrected chi connectivity index (χ2v) is 7.15. The number of anilines is 1. The Morgan fingerprint density at radius 1 is 1.12 bits per heavy atom. The number of nitro benzene ring substituents is 1. The van der Waals surface area contributed by atoms with Crippen LogP contribution in [0, 0.1) is 17.0 Å². The first-order valence-corrected chi connectivity index (χ1v) is 9.89. The summed E-state index contributed by atoms with van der Waals surface area (Å²) in [5, 5.41) is 21.7. The van der Waals surface area contributed by atoms with Crippen molar-refractivity contribution in [3.63, 3.8) is 0 Å². The molecule has 1 fully saturated rings. The summed E-state index contributed by atoms with van der Waals surface area (Å²) >= 11 is 0. The van der Waals surface area contributed by atoms with Crippen molar-refractivity contribution in [2.75, 3.05) is 31.6 Å². The molecule has 1 aliphatic heterocycles. The van der Waals surface area contributed by atoms with Crippen molar-refractivity contribution in [2.45, 2.75) is 6.92 Å². The number of non-ortho nitro benzene ring substituents is 1. The number of amides is 2. The van der Waals surface area contributed by atoms with Crippen molar-refractivity contribution < 1.29 is 19.2 Å². The summed E-state index contributed by atoms with van der Waals surface area (Å²) in [6.07, 6.45) is 0. The summed E-state index contributed by atoms with van der Waals surface area (Å²) in [5.74, 6) is -0.632. The zero-order valence-electron chi connectivity index (χ0n) is 17.2. The molecule has 4 rings (SSSR count). The maximum Gasteiger partial charge on any atom is 0.278 e. The second-order valence-electron chi connectivity index (χ2n) is 7.15. The number of ether oxygens (including phenoxy) is 1. The average molecular weight is 436 g/mol. The molecule has 2 amide bonds. The first-order chi connectivity index (χ1) is 15.4. The van der Waals surface area contributed by atoms with E-state index in [1.807, 2.05) is 0 Å². The van der Waals surface area contributed by atoms with Gasteiger partial charge in [0.05, 0.1) is 29.5 Å². The molecule has 11 nitrogen and oxygen atoms in total. The van der Waals surface area contributed by atoms with Gasteiger partial charge < -0.3 is 15.0 Å². The fourth-order valence-corrected chi connectivity index (χ4v) is 3.39. The summed E-state index contributed by atoms with van der Waals surface area (Å²) in [4.78, 5) is 37.7. The largest absolute Gasteiger partial charge is 0.378 e. The zero-order valence-corrected chi connectivity index (χ0v) is 17.2. The number of nitrogens with zero attached hydrogens (tertiary/aromatic N) is 5. The van der Waals surface area contributed by atoms with Gasteiger partial charge in [0, 0.05) is 36.5 Å². The van der Waals surface area contributed by atoms with Crippen LogP contribution in [0.25, 0.3) is 5.69 Å². The molecule has 0 radical (unpaired) electrons. The van der Waals surface area contributed by atoms with E-state index in [1.54, 1.807) is 42.2 Å². The predicted octanol–water partition coefficient (Wildman–Crippen LogP) is 2.21. The van der Waals surface area contributed by atoms with Gasteiger partial charge >= 0.3 is 0 Å². The molecule has 11 heteroatoms. The topological polar surface area (TPSA) is 132 Å². The molecule has 1 aromatic heterocycles. The Kier molecular flexibility index (Phi) is 5.90. The van der Waals surface area contributed by atoms with Crippen LogP contribution >= 0.6 is 0 Å². The van der Waals surface area contributed by atoms with Crippen LogP contribution in [-0.2, 0) is 4.74 Å². The van der Waals surface area contributed by atoms with Gasteiger partial charge in [-0.3, -0.25) is 19.7 Å². The van der Waals surface area contributed by atoms with Crippen LogP contribution in [0.4, 0.5) is 11.4 Å². The Bertz CT molecular complexity index is 1180. The van der Waals surface area contributed by atoms with Gasteiger partial charge in [-0.2, -0.15) is 0 Å². The molecule has 0 unspecified atom stereocenters. The van der Waals surface area contributed by atoms with Crippen molar-refractivity contribution in [1.82, 2.24) is 19.9 Å². The van der Waals surface area contributed by atoms with Crippen LogP contribution in [0.1, 0.15) is 26.5 Å². The minimum absolute atomic E-state index is 0.0708. The van der Waals surface area contributed by atoms with E-state index in [2.05, 4.69) is 15.6 Å². The molecule has 164 valence electrons. The van der Waals surface area contributed by atoms with Crippen LogP contribution in [0.15, 0.2) is 48.5 Å². The number of nitrogens with one attached hydrogen (secondary N) is 1. The number of hydrogen-bond donors (Lipinski definition) is 1. The van der Waals surface area contributed by atoms with Gasteiger partial charge in [-0.05, 0) is 31.2 Å². The Hall–Kier alpha value is -4.12. The molecular formula is C21H20N6O5. The van der Waals surface area contributed by atoms with Crippen molar-refractivity contribution in [3.05, 3.63) is 75.6 Å². The lowest BCUT2D eigenvalue weighted by Crippen LogP contribution is -2.40. The van der Waals surface area contributed by atoms with Crippen LogP contribution in [-0.4, -0.2) is 62.9 Å². The minimum Gasteiger partial charge on any atom is -0.378 e. The Morgan fingerprint density at radius 3 is 2.62 bits per heavy atom. The normalized spacial score (nSPS) is 13.6. The van der Waals surface area contributed by atoms with Gasteiger partial charge in [-0.25, -0.2) is 4.68 Å². The van der Waals surface area contributed by atoms with E-state index in [4.69, 9.17) is 4.74 Å². The molecule has 0 saturated carbocycles. The molecular weight excluding hydrogens is 416 g/mol. The fourth-order valence-electron chi connectivity index (χ4n) is 3.39. The molecule has 0 spiro atoms. The first kappa shape index (κ1) is 21.1. The van der Waals surface area contributed by atoms with E-state index in [-0.39, 0.29) is 17.3 Å². The lowest BCUT2D eigenvalue weighted by molar-refractivity contribution is -0.384. The third kappa shape index (κ3) is 4.32. The van der Waals surface area contributed by atoms with Gasteiger partial charge in [-0.1, -0.05) is 17.3 Å². The first-order valence-electron chi connectivity index (χ1n) is 9.89. The summed E-state index contributed by atoms with van der Waals surface area (Å²) in [6, 6.07) is 12.6.